The number of nitriles is 1. The minimum absolute atomic E-state index is 0.000260. The second-order valence-electron chi connectivity index (χ2n) is 7.89. The van der Waals surface area contributed by atoms with Gasteiger partial charge in [-0.15, -0.1) is 11.3 Å². The molecule has 1 amide bonds. The lowest BCUT2D eigenvalue weighted by Gasteiger charge is -2.14. The number of hydrogen-bond donors (Lipinski definition) is 0. The van der Waals surface area contributed by atoms with E-state index in [1.165, 1.54) is 4.57 Å². The Hall–Kier alpha value is -3.14. The van der Waals surface area contributed by atoms with Gasteiger partial charge in [0.25, 0.3) is 11.5 Å². The minimum Gasteiger partial charge on any atom is -0.338 e. The average molecular weight is 464 g/mol. The van der Waals surface area contributed by atoms with Crippen LogP contribution in [0.2, 0.25) is 5.02 Å². The fourth-order valence-corrected chi connectivity index (χ4v) is 5.23. The molecule has 1 aliphatic rings. The molecular formula is C25H22ClN3O2S. The van der Waals surface area contributed by atoms with Gasteiger partial charge in [0.15, 0.2) is 5.57 Å². The van der Waals surface area contributed by atoms with Crippen molar-refractivity contribution in [3.8, 4) is 11.8 Å². The Labute approximate surface area is 195 Å². The Bertz CT molecular complexity index is 1420. The van der Waals surface area contributed by atoms with Gasteiger partial charge in [0.2, 0.25) is 0 Å². The number of rotatable bonds is 3. The van der Waals surface area contributed by atoms with Crippen LogP contribution < -0.4 is 14.8 Å². The number of thiazole rings is 1. The topological polar surface area (TPSA) is 66.1 Å². The van der Waals surface area contributed by atoms with Crippen LogP contribution in [-0.4, -0.2) is 28.5 Å². The third-order valence-electron chi connectivity index (χ3n) is 5.50. The summed E-state index contributed by atoms with van der Waals surface area (Å²) in [6.45, 7) is 5.16. The molecular weight excluding hydrogens is 442 g/mol. The average Bonchev–Trinajstić information content (AvgIpc) is 3.39. The predicted octanol–water partition coefficient (Wildman–Crippen LogP) is 3.29. The minimum atomic E-state index is -0.320. The molecule has 0 spiro atoms. The van der Waals surface area contributed by atoms with Gasteiger partial charge < -0.3 is 4.90 Å². The first kappa shape index (κ1) is 22.1. The fraction of sp³-hybridized carbons (Fsp3) is 0.240. The Morgan fingerprint density at radius 2 is 1.91 bits per heavy atom. The van der Waals surface area contributed by atoms with Gasteiger partial charge in [-0.05, 0) is 62.1 Å². The molecule has 5 nitrogen and oxygen atoms in total. The van der Waals surface area contributed by atoms with Crippen molar-refractivity contribution in [1.29, 1.82) is 5.26 Å². The van der Waals surface area contributed by atoms with Crippen molar-refractivity contribution >= 4 is 40.5 Å². The summed E-state index contributed by atoms with van der Waals surface area (Å²) in [6.07, 6.45) is 3.59. The van der Waals surface area contributed by atoms with Gasteiger partial charge in [-0.25, -0.2) is 0 Å². The first-order valence-electron chi connectivity index (χ1n) is 10.4. The van der Waals surface area contributed by atoms with E-state index in [1.54, 1.807) is 23.1 Å². The van der Waals surface area contributed by atoms with Crippen LogP contribution in [0.5, 0.6) is 0 Å². The zero-order valence-corrected chi connectivity index (χ0v) is 19.5. The van der Waals surface area contributed by atoms with Crippen molar-refractivity contribution in [3.63, 3.8) is 0 Å². The number of nitrogens with zero attached hydrogens (tertiary/aromatic N) is 3. The molecule has 32 heavy (non-hydrogen) atoms. The third-order valence-corrected chi connectivity index (χ3v) is 6.82. The molecule has 1 aromatic heterocycles. The maximum Gasteiger partial charge on any atom is 0.273 e. The largest absolute Gasteiger partial charge is 0.338 e. The number of likely N-dealkylation sites (tertiary alicyclic amines) is 1. The normalized spacial score (nSPS) is 15.1. The van der Waals surface area contributed by atoms with Crippen LogP contribution in [0.3, 0.4) is 0 Å². The number of aromatic nitrogens is 1. The van der Waals surface area contributed by atoms with Crippen LogP contribution in [0, 0.1) is 25.2 Å². The van der Waals surface area contributed by atoms with Crippen molar-refractivity contribution in [3.05, 3.63) is 83.7 Å². The lowest BCUT2D eigenvalue weighted by Crippen LogP contribution is -2.35. The lowest BCUT2D eigenvalue weighted by atomic mass is 10.1. The van der Waals surface area contributed by atoms with Crippen LogP contribution >= 0.6 is 22.9 Å². The number of carbonyl (C=O) groups excluding carboxylic acids is 1. The van der Waals surface area contributed by atoms with Crippen LogP contribution in [-0.2, 0) is 4.79 Å². The number of aryl methyl sites for hydroxylation is 2. The highest BCUT2D eigenvalue weighted by atomic mass is 35.5. The summed E-state index contributed by atoms with van der Waals surface area (Å²) in [5.74, 6) is -0.320. The third kappa shape index (κ3) is 4.27. The number of halogens is 1. The van der Waals surface area contributed by atoms with E-state index in [0.717, 1.165) is 40.9 Å². The highest BCUT2D eigenvalue weighted by Gasteiger charge is 2.24. The molecule has 1 fully saturated rings. The summed E-state index contributed by atoms with van der Waals surface area (Å²) in [5.41, 5.74) is 3.14. The van der Waals surface area contributed by atoms with Crippen molar-refractivity contribution < 1.29 is 4.79 Å². The molecule has 0 saturated carbocycles. The second-order valence-corrected chi connectivity index (χ2v) is 9.35. The van der Waals surface area contributed by atoms with Crippen LogP contribution in [0.25, 0.3) is 17.3 Å². The summed E-state index contributed by atoms with van der Waals surface area (Å²) < 4.78 is 2.29. The molecule has 1 saturated heterocycles. The standard InChI is InChI=1S/C25H22ClN3O2S/c1-16-8-9-21(17(2)12-16)29-24(31)22(14-18-6-5-7-19(26)13-18)32-25(29)20(15-27)23(30)28-10-3-4-11-28/h5-9,12-14H,3-4,10-11H2,1-2H3/b22-14+,25-20+. The number of amides is 1. The maximum atomic E-state index is 13.5. The molecule has 0 radical (unpaired) electrons. The van der Waals surface area contributed by atoms with Gasteiger partial charge in [0.05, 0.1) is 10.2 Å². The van der Waals surface area contributed by atoms with E-state index in [4.69, 9.17) is 11.6 Å². The van der Waals surface area contributed by atoms with Crippen molar-refractivity contribution in [2.24, 2.45) is 0 Å². The van der Waals surface area contributed by atoms with Gasteiger partial charge in [-0.2, -0.15) is 5.26 Å². The molecule has 4 rings (SSSR count). The molecule has 0 atom stereocenters. The molecule has 0 unspecified atom stereocenters. The first-order chi connectivity index (χ1) is 15.4. The number of benzene rings is 2. The number of hydrogen-bond acceptors (Lipinski definition) is 4. The highest BCUT2D eigenvalue weighted by Crippen LogP contribution is 2.16. The molecule has 162 valence electrons. The molecule has 2 aromatic carbocycles. The zero-order chi connectivity index (χ0) is 22.8. The molecule has 1 aliphatic heterocycles. The van der Waals surface area contributed by atoms with Gasteiger partial charge in [0, 0.05) is 18.1 Å². The monoisotopic (exact) mass is 463 g/mol. The van der Waals surface area contributed by atoms with E-state index in [0.29, 0.717) is 33.0 Å². The van der Waals surface area contributed by atoms with E-state index in [9.17, 15) is 14.9 Å². The maximum absolute atomic E-state index is 13.5. The van der Waals surface area contributed by atoms with Crippen molar-refractivity contribution in [2.75, 3.05) is 13.1 Å². The Balaban J connectivity index is 2.05. The summed E-state index contributed by atoms with van der Waals surface area (Å²) in [7, 11) is 0. The molecule has 7 heteroatoms. The molecule has 2 heterocycles. The summed E-state index contributed by atoms with van der Waals surface area (Å²) in [6, 6.07) is 15.1. The van der Waals surface area contributed by atoms with E-state index >= 15 is 0 Å². The quantitative estimate of drug-likeness (QED) is 0.598. The van der Waals surface area contributed by atoms with E-state index in [2.05, 4.69) is 6.07 Å². The lowest BCUT2D eigenvalue weighted by molar-refractivity contribution is -0.123. The van der Waals surface area contributed by atoms with Crippen molar-refractivity contribution in [1.82, 2.24) is 9.47 Å². The van der Waals surface area contributed by atoms with Crippen LogP contribution in [0.4, 0.5) is 0 Å². The smallest absolute Gasteiger partial charge is 0.273 e. The Kier molecular flexibility index (Phi) is 6.31. The van der Waals surface area contributed by atoms with Crippen LogP contribution in [0.15, 0.2) is 47.3 Å². The van der Waals surface area contributed by atoms with Gasteiger partial charge in [0.1, 0.15) is 10.7 Å². The van der Waals surface area contributed by atoms with Gasteiger partial charge >= 0.3 is 0 Å². The SMILES string of the molecule is Cc1ccc(-n2c(=O)/c(=C\c3cccc(Cl)c3)s/c2=C(\C#N)C(=O)N2CCCC2)c(C)c1. The first-order valence-corrected chi connectivity index (χ1v) is 11.6. The molecule has 3 aromatic rings. The molecule has 0 N–H and O–H groups in total. The van der Waals surface area contributed by atoms with Crippen LogP contribution in [0.1, 0.15) is 29.5 Å². The molecule has 0 aliphatic carbocycles. The Morgan fingerprint density at radius 3 is 2.56 bits per heavy atom. The Morgan fingerprint density at radius 1 is 1.16 bits per heavy atom. The summed E-state index contributed by atoms with van der Waals surface area (Å²) in [5, 5.41) is 10.5. The van der Waals surface area contributed by atoms with E-state index in [1.807, 2.05) is 44.2 Å². The number of carbonyl (C=O) groups is 1. The predicted molar refractivity (Wildman–Crippen MR) is 128 cm³/mol. The summed E-state index contributed by atoms with van der Waals surface area (Å²) in [4.78, 5) is 28.4. The second kappa shape index (κ2) is 9.15. The van der Waals surface area contributed by atoms with Crippen molar-refractivity contribution in [2.45, 2.75) is 26.7 Å². The van der Waals surface area contributed by atoms with Gasteiger partial charge in [-0.3, -0.25) is 14.2 Å². The zero-order valence-electron chi connectivity index (χ0n) is 17.9. The molecule has 0 bridgehead atoms. The highest BCUT2D eigenvalue weighted by molar-refractivity contribution is 7.07. The van der Waals surface area contributed by atoms with Gasteiger partial charge in [-0.1, -0.05) is 41.4 Å². The van der Waals surface area contributed by atoms with E-state index < -0.39 is 0 Å². The fourth-order valence-electron chi connectivity index (χ4n) is 3.94. The van der Waals surface area contributed by atoms with E-state index in [-0.39, 0.29) is 17.0 Å². The summed E-state index contributed by atoms with van der Waals surface area (Å²) >= 11 is 7.27.